The van der Waals surface area contributed by atoms with Gasteiger partial charge in [0.15, 0.2) is 11.8 Å². The smallest absolute Gasteiger partial charge is 0.358 e. The fraction of sp³-hybridized carbons (Fsp3) is 0.450. The molecule has 1 aliphatic rings. The highest BCUT2D eigenvalue weighted by atomic mass is 32.1. The molecule has 0 unspecified atom stereocenters. The molecule has 0 spiro atoms. The fourth-order valence-electron chi connectivity index (χ4n) is 3.19. The van der Waals surface area contributed by atoms with Gasteiger partial charge < -0.3 is 10.1 Å². The predicted octanol–water partition coefficient (Wildman–Crippen LogP) is 4.05. The van der Waals surface area contributed by atoms with Crippen LogP contribution in [0, 0.1) is 5.92 Å². The molecule has 1 aromatic heterocycles. The van der Waals surface area contributed by atoms with E-state index in [1.807, 2.05) is 30.3 Å². The van der Waals surface area contributed by atoms with Gasteiger partial charge in [-0.3, -0.25) is 4.79 Å². The summed E-state index contributed by atoms with van der Waals surface area (Å²) in [6, 6.07) is 9.83. The molecular formula is C20H24N2O3S. The van der Waals surface area contributed by atoms with E-state index < -0.39 is 12.1 Å². The van der Waals surface area contributed by atoms with E-state index in [4.69, 9.17) is 4.74 Å². The van der Waals surface area contributed by atoms with Gasteiger partial charge in [0.2, 0.25) is 0 Å². The van der Waals surface area contributed by atoms with Gasteiger partial charge in [-0.05, 0) is 25.7 Å². The Hall–Kier alpha value is -2.21. The summed E-state index contributed by atoms with van der Waals surface area (Å²) in [6.45, 7) is 3.76. The largest absolute Gasteiger partial charge is 0.448 e. The molecule has 0 aliphatic heterocycles. The van der Waals surface area contributed by atoms with Crippen LogP contribution in [-0.2, 0) is 9.53 Å². The maximum absolute atomic E-state index is 12.3. The van der Waals surface area contributed by atoms with E-state index in [1.165, 1.54) is 17.8 Å². The monoisotopic (exact) mass is 372 g/mol. The molecule has 26 heavy (non-hydrogen) atoms. The molecule has 1 fully saturated rings. The molecule has 1 aromatic carbocycles. The number of thiazole rings is 1. The standard InChI is InChI=1S/C20H24N2O3S/c1-13-8-6-7-11-16(13)21-18(23)14(2)25-20(24)17-12-26-19(22-17)15-9-4-3-5-10-15/h3-5,9-10,12-14,16H,6-8,11H2,1-2H3,(H,21,23)/t13-,14+,16+/m0/s1. The molecular weight excluding hydrogens is 348 g/mol. The average Bonchev–Trinajstić information content (AvgIpc) is 3.14. The number of nitrogens with one attached hydrogen (secondary N) is 1. The number of carbonyl (C=O) groups is 2. The number of carbonyl (C=O) groups excluding carboxylic acids is 2. The summed E-state index contributed by atoms with van der Waals surface area (Å²) < 4.78 is 5.32. The Morgan fingerprint density at radius 3 is 2.69 bits per heavy atom. The first-order valence-electron chi connectivity index (χ1n) is 9.07. The van der Waals surface area contributed by atoms with Gasteiger partial charge in [-0.2, -0.15) is 0 Å². The van der Waals surface area contributed by atoms with Crippen molar-refractivity contribution in [1.82, 2.24) is 10.3 Å². The number of amides is 1. The lowest BCUT2D eigenvalue weighted by Crippen LogP contribution is -2.46. The van der Waals surface area contributed by atoms with Gasteiger partial charge in [0.25, 0.3) is 5.91 Å². The molecule has 138 valence electrons. The maximum atomic E-state index is 12.3. The number of hydrogen-bond donors (Lipinski definition) is 1. The number of nitrogens with zero attached hydrogens (tertiary/aromatic N) is 1. The Labute approximate surface area is 157 Å². The van der Waals surface area contributed by atoms with Crippen LogP contribution >= 0.6 is 11.3 Å². The first-order valence-corrected chi connectivity index (χ1v) is 9.95. The Morgan fingerprint density at radius 1 is 1.23 bits per heavy atom. The second kappa shape index (κ2) is 8.45. The van der Waals surface area contributed by atoms with Crippen molar-refractivity contribution in [3.63, 3.8) is 0 Å². The van der Waals surface area contributed by atoms with Crippen molar-refractivity contribution in [2.75, 3.05) is 0 Å². The van der Waals surface area contributed by atoms with Crippen molar-refractivity contribution in [1.29, 1.82) is 0 Å². The molecule has 3 atom stereocenters. The minimum atomic E-state index is -0.835. The van der Waals surface area contributed by atoms with Gasteiger partial charge in [-0.25, -0.2) is 9.78 Å². The van der Waals surface area contributed by atoms with E-state index in [0.29, 0.717) is 5.92 Å². The predicted molar refractivity (Wildman–Crippen MR) is 102 cm³/mol. The third-order valence-corrected chi connectivity index (χ3v) is 5.72. The Morgan fingerprint density at radius 2 is 1.96 bits per heavy atom. The van der Waals surface area contributed by atoms with Crippen molar-refractivity contribution in [3.05, 3.63) is 41.4 Å². The molecule has 0 bridgehead atoms. The van der Waals surface area contributed by atoms with E-state index in [1.54, 1.807) is 12.3 Å². The normalized spacial score (nSPS) is 21.0. The summed E-state index contributed by atoms with van der Waals surface area (Å²) in [7, 11) is 0. The molecule has 0 radical (unpaired) electrons. The topological polar surface area (TPSA) is 68.3 Å². The van der Waals surface area contributed by atoms with Crippen LogP contribution in [0.4, 0.5) is 0 Å². The minimum absolute atomic E-state index is 0.168. The van der Waals surface area contributed by atoms with E-state index in [9.17, 15) is 9.59 Å². The van der Waals surface area contributed by atoms with Crippen molar-refractivity contribution < 1.29 is 14.3 Å². The number of ether oxygens (including phenoxy) is 1. The highest BCUT2D eigenvalue weighted by Crippen LogP contribution is 2.25. The summed E-state index contributed by atoms with van der Waals surface area (Å²) >= 11 is 1.38. The molecule has 5 nitrogen and oxygen atoms in total. The third-order valence-electron chi connectivity index (χ3n) is 4.83. The third kappa shape index (κ3) is 4.49. The van der Waals surface area contributed by atoms with Crippen LogP contribution in [0.3, 0.4) is 0 Å². The zero-order valence-corrected chi connectivity index (χ0v) is 15.9. The summed E-state index contributed by atoms with van der Waals surface area (Å²) in [6.07, 6.45) is 3.62. The molecule has 1 heterocycles. The zero-order valence-electron chi connectivity index (χ0n) is 15.1. The molecule has 0 saturated heterocycles. The zero-order chi connectivity index (χ0) is 18.5. The summed E-state index contributed by atoms with van der Waals surface area (Å²) in [5.74, 6) is -0.346. The second-order valence-corrected chi connectivity index (χ2v) is 7.69. The lowest BCUT2D eigenvalue weighted by atomic mass is 9.86. The fourth-order valence-corrected chi connectivity index (χ4v) is 3.98. The summed E-state index contributed by atoms with van der Waals surface area (Å²) in [5.41, 5.74) is 1.19. The van der Waals surface area contributed by atoms with Gasteiger partial charge in [0.05, 0.1) is 0 Å². The van der Waals surface area contributed by atoms with Crippen molar-refractivity contribution in [2.24, 2.45) is 5.92 Å². The van der Waals surface area contributed by atoms with Crippen LogP contribution in [0.15, 0.2) is 35.7 Å². The number of aromatic nitrogens is 1. The first kappa shape index (κ1) is 18.6. The van der Waals surface area contributed by atoms with Gasteiger partial charge in [0.1, 0.15) is 5.01 Å². The van der Waals surface area contributed by atoms with Crippen LogP contribution in [0.5, 0.6) is 0 Å². The SMILES string of the molecule is C[C@@H](OC(=O)c1csc(-c2ccccc2)n1)C(=O)N[C@@H]1CCCC[C@@H]1C. The Bertz CT molecular complexity index is 759. The average molecular weight is 372 g/mol. The molecule has 3 rings (SSSR count). The van der Waals surface area contributed by atoms with E-state index >= 15 is 0 Å². The summed E-state index contributed by atoms with van der Waals surface area (Å²) in [5, 5.41) is 5.44. The van der Waals surface area contributed by atoms with Crippen LogP contribution < -0.4 is 5.32 Å². The number of benzene rings is 1. The van der Waals surface area contributed by atoms with Crippen LogP contribution in [0.2, 0.25) is 0 Å². The minimum Gasteiger partial charge on any atom is -0.448 e. The van der Waals surface area contributed by atoms with Crippen molar-refractivity contribution >= 4 is 23.2 Å². The lowest BCUT2D eigenvalue weighted by molar-refractivity contribution is -0.130. The van der Waals surface area contributed by atoms with E-state index in [0.717, 1.165) is 29.8 Å². The van der Waals surface area contributed by atoms with Crippen LogP contribution in [0.1, 0.15) is 50.0 Å². The maximum Gasteiger partial charge on any atom is 0.358 e. The quantitative estimate of drug-likeness (QED) is 0.804. The summed E-state index contributed by atoms with van der Waals surface area (Å²) in [4.78, 5) is 29.0. The molecule has 1 amide bonds. The van der Waals surface area contributed by atoms with E-state index in [-0.39, 0.29) is 17.6 Å². The Kier molecular flexibility index (Phi) is 6.04. The molecule has 1 N–H and O–H groups in total. The second-order valence-electron chi connectivity index (χ2n) is 6.83. The molecule has 2 aromatic rings. The highest BCUT2D eigenvalue weighted by molar-refractivity contribution is 7.13. The Balaban J connectivity index is 1.57. The molecule has 6 heteroatoms. The molecule has 1 saturated carbocycles. The number of hydrogen-bond acceptors (Lipinski definition) is 5. The number of esters is 1. The van der Waals surface area contributed by atoms with Gasteiger partial charge >= 0.3 is 5.97 Å². The van der Waals surface area contributed by atoms with Crippen molar-refractivity contribution in [3.8, 4) is 10.6 Å². The van der Waals surface area contributed by atoms with Gasteiger partial charge in [0, 0.05) is 17.0 Å². The first-order chi connectivity index (χ1) is 12.5. The lowest BCUT2D eigenvalue weighted by Gasteiger charge is -2.30. The molecule has 1 aliphatic carbocycles. The van der Waals surface area contributed by atoms with Gasteiger partial charge in [-0.15, -0.1) is 11.3 Å². The van der Waals surface area contributed by atoms with E-state index in [2.05, 4.69) is 17.2 Å². The van der Waals surface area contributed by atoms with Gasteiger partial charge in [-0.1, -0.05) is 50.1 Å². The van der Waals surface area contributed by atoms with Crippen LogP contribution in [0.25, 0.3) is 10.6 Å². The number of rotatable bonds is 5. The highest BCUT2D eigenvalue weighted by Gasteiger charge is 2.27. The van der Waals surface area contributed by atoms with Crippen molar-refractivity contribution in [2.45, 2.75) is 51.7 Å². The van der Waals surface area contributed by atoms with Crippen LogP contribution in [-0.4, -0.2) is 29.0 Å².